The Morgan fingerprint density at radius 2 is 2.07 bits per heavy atom. The fraction of sp³-hybridized carbons (Fsp3) is 0.714. The number of unbranched alkanes of at least 4 members (excludes halogenated alkanes) is 3. The highest BCUT2D eigenvalue weighted by molar-refractivity contribution is 7.77. The Morgan fingerprint density at radius 1 is 1.33 bits per heavy atom. The standard InChI is InChI=1S/C21H34N2O3S/c1-4-5-6-7-11-23-14-18-19(15-23)21(18,2)17-10-8-9-16(12-17)20(26-3)13-22-27(24)25/h8-10,12,18-20,22H,4-7,11,13-15H2,1-3H3,(H,24,25)/p-1. The van der Waals surface area contributed by atoms with E-state index in [4.69, 9.17) is 4.74 Å². The van der Waals surface area contributed by atoms with Crippen molar-refractivity contribution in [1.82, 2.24) is 9.62 Å². The van der Waals surface area contributed by atoms with Gasteiger partial charge in [-0.25, -0.2) is 4.72 Å². The van der Waals surface area contributed by atoms with Crippen LogP contribution in [0, 0.1) is 11.8 Å². The van der Waals surface area contributed by atoms with Gasteiger partial charge in [0.15, 0.2) is 0 Å². The highest BCUT2D eigenvalue weighted by Crippen LogP contribution is 2.63. The number of hydrogen-bond donors (Lipinski definition) is 1. The van der Waals surface area contributed by atoms with E-state index in [1.54, 1.807) is 7.11 Å². The van der Waals surface area contributed by atoms with Gasteiger partial charge in [-0.3, -0.25) is 4.21 Å². The summed E-state index contributed by atoms with van der Waals surface area (Å²) in [5.41, 5.74) is 2.66. The molecule has 0 aromatic heterocycles. The smallest absolute Gasteiger partial charge is 0.0955 e. The summed E-state index contributed by atoms with van der Waals surface area (Å²) < 4.78 is 29.5. The van der Waals surface area contributed by atoms with Crippen LogP contribution in [0.1, 0.15) is 56.8 Å². The van der Waals surface area contributed by atoms with Crippen LogP contribution >= 0.6 is 0 Å². The Kier molecular flexibility index (Phi) is 7.08. The molecule has 5 nitrogen and oxygen atoms in total. The van der Waals surface area contributed by atoms with E-state index < -0.39 is 11.3 Å². The predicted molar refractivity (Wildman–Crippen MR) is 108 cm³/mol. The molecule has 0 spiro atoms. The fourth-order valence-electron chi connectivity index (χ4n) is 4.89. The predicted octanol–water partition coefficient (Wildman–Crippen LogP) is 3.16. The molecular formula is C21H33N2O3S-. The molecule has 2 aliphatic rings. The van der Waals surface area contributed by atoms with Crippen molar-refractivity contribution in [2.75, 3.05) is 33.3 Å². The van der Waals surface area contributed by atoms with Crippen molar-refractivity contribution in [3.05, 3.63) is 35.4 Å². The molecule has 1 saturated heterocycles. The van der Waals surface area contributed by atoms with Gasteiger partial charge in [-0.15, -0.1) is 0 Å². The van der Waals surface area contributed by atoms with Gasteiger partial charge in [-0.2, -0.15) is 0 Å². The van der Waals surface area contributed by atoms with E-state index in [0.29, 0.717) is 0 Å². The Balaban J connectivity index is 1.59. The van der Waals surface area contributed by atoms with E-state index in [9.17, 15) is 8.76 Å². The summed E-state index contributed by atoms with van der Waals surface area (Å²) in [6.07, 6.45) is 5.05. The number of hydrogen-bond acceptors (Lipinski definition) is 4. The van der Waals surface area contributed by atoms with Crippen LogP contribution in [0.15, 0.2) is 24.3 Å². The van der Waals surface area contributed by atoms with Crippen molar-refractivity contribution in [2.24, 2.45) is 11.8 Å². The minimum atomic E-state index is -2.27. The van der Waals surface area contributed by atoms with Crippen LogP contribution in [0.25, 0.3) is 0 Å². The maximum atomic E-state index is 10.8. The zero-order valence-corrected chi connectivity index (χ0v) is 17.6. The summed E-state index contributed by atoms with van der Waals surface area (Å²) in [4.78, 5) is 2.64. The fourth-order valence-corrected chi connectivity index (χ4v) is 5.18. The average molecular weight is 394 g/mol. The molecule has 0 radical (unpaired) electrons. The van der Waals surface area contributed by atoms with Crippen molar-refractivity contribution in [2.45, 2.75) is 51.0 Å². The SMILES string of the molecule is CCCCCCN1CC2C(C1)C2(C)c1cccc(C(CNS(=O)[O-])OC)c1. The third-order valence-corrected chi connectivity index (χ3v) is 7.11. The molecule has 1 aromatic rings. The molecule has 1 aliphatic carbocycles. The Morgan fingerprint density at radius 3 is 2.70 bits per heavy atom. The molecule has 1 aromatic carbocycles. The molecule has 4 atom stereocenters. The lowest BCUT2D eigenvalue weighted by molar-refractivity contribution is 0.107. The highest BCUT2D eigenvalue weighted by Gasteiger charge is 2.65. The molecule has 1 saturated carbocycles. The number of nitrogens with zero attached hydrogens (tertiary/aromatic N) is 1. The van der Waals surface area contributed by atoms with Gasteiger partial charge in [-0.05, 0) is 35.9 Å². The van der Waals surface area contributed by atoms with E-state index in [1.165, 1.54) is 50.9 Å². The topological polar surface area (TPSA) is 64.6 Å². The lowest BCUT2D eigenvalue weighted by Crippen LogP contribution is -2.30. The monoisotopic (exact) mass is 393 g/mol. The number of methoxy groups -OCH3 is 1. The van der Waals surface area contributed by atoms with E-state index in [1.807, 2.05) is 6.07 Å². The summed E-state index contributed by atoms with van der Waals surface area (Å²) in [6, 6.07) is 8.54. The van der Waals surface area contributed by atoms with Crippen LogP contribution in [-0.4, -0.2) is 47.0 Å². The highest BCUT2D eigenvalue weighted by atomic mass is 32.2. The van der Waals surface area contributed by atoms with Gasteiger partial charge in [0.05, 0.1) is 6.10 Å². The van der Waals surface area contributed by atoms with Crippen molar-refractivity contribution in [3.8, 4) is 0 Å². The number of nitrogens with one attached hydrogen (secondary N) is 1. The van der Waals surface area contributed by atoms with Crippen LogP contribution in [0.5, 0.6) is 0 Å². The molecule has 6 heteroatoms. The quantitative estimate of drug-likeness (QED) is 0.463. The molecule has 4 unspecified atom stereocenters. The first-order valence-corrected chi connectivity index (χ1v) is 11.3. The number of benzene rings is 1. The van der Waals surface area contributed by atoms with Gasteiger partial charge in [-0.1, -0.05) is 57.4 Å². The molecule has 0 bridgehead atoms. The summed E-state index contributed by atoms with van der Waals surface area (Å²) in [6.45, 7) is 8.57. The normalized spacial score (nSPS) is 29.5. The van der Waals surface area contributed by atoms with E-state index in [2.05, 4.69) is 41.7 Å². The first-order valence-electron chi connectivity index (χ1n) is 10.2. The molecule has 1 heterocycles. The minimum Gasteiger partial charge on any atom is -0.760 e. The second-order valence-electron chi connectivity index (χ2n) is 8.25. The Hall–Kier alpha value is -0.790. The number of fused-ring (bicyclic) bond motifs is 1. The van der Waals surface area contributed by atoms with Crippen LogP contribution in [-0.2, 0) is 21.4 Å². The first kappa shape index (κ1) is 20.9. The minimum absolute atomic E-state index is 0.253. The van der Waals surface area contributed by atoms with Crippen molar-refractivity contribution >= 4 is 11.3 Å². The van der Waals surface area contributed by atoms with E-state index in [0.717, 1.165) is 17.4 Å². The maximum absolute atomic E-state index is 10.8. The summed E-state index contributed by atoms with van der Waals surface area (Å²) >= 11 is -2.27. The number of piperidine rings is 1. The summed E-state index contributed by atoms with van der Waals surface area (Å²) in [5.74, 6) is 1.49. The van der Waals surface area contributed by atoms with Crippen molar-refractivity contribution < 1.29 is 13.5 Å². The molecule has 1 N–H and O–H groups in total. The van der Waals surface area contributed by atoms with E-state index >= 15 is 0 Å². The van der Waals surface area contributed by atoms with Gasteiger partial charge in [0.1, 0.15) is 0 Å². The van der Waals surface area contributed by atoms with Gasteiger partial charge in [0.2, 0.25) is 0 Å². The molecule has 3 rings (SSSR count). The van der Waals surface area contributed by atoms with Crippen molar-refractivity contribution in [1.29, 1.82) is 0 Å². The van der Waals surface area contributed by atoms with Crippen LogP contribution < -0.4 is 4.72 Å². The zero-order valence-electron chi connectivity index (χ0n) is 16.8. The Bertz CT molecular complexity index is 642. The second kappa shape index (κ2) is 9.14. The van der Waals surface area contributed by atoms with Gasteiger partial charge in [0, 0.05) is 43.4 Å². The van der Waals surface area contributed by atoms with Gasteiger partial charge < -0.3 is 14.2 Å². The van der Waals surface area contributed by atoms with Gasteiger partial charge >= 0.3 is 0 Å². The molecule has 2 fully saturated rings. The summed E-state index contributed by atoms with van der Waals surface area (Å²) in [5, 5.41) is 0. The number of likely N-dealkylation sites (tertiary alicyclic amines) is 1. The molecule has 1 aliphatic heterocycles. The third-order valence-electron chi connectivity index (χ3n) is 6.71. The number of rotatable bonds is 11. The first-order chi connectivity index (χ1) is 13.0. The Labute approximate surface area is 166 Å². The van der Waals surface area contributed by atoms with E-state index in [-0.39, 0.29) is 18.1 Å². The lowest BCUT2D eigenvalue weighted by atomic mass is 9.90. The van der Waals surface area contributed by atoms with Gasteiger partial charge in [0.25, 0.3) is 0 Å². The second-order valence-corrected chi connectivity index (χ2v) is 9.01. The average Bonchev–Trinajstić information content (AvgIpc) is 3.02. The summed E-state index contributed by atoms with van der Waals surface area (Å²) in [7, 11) is 1.62. The largest absolute Gasteiger partial charge is 0.760 e. The molecule has 0 amide bonds. The third kappa shape index (κ3) is 4.62. The van der Waals surface area contributed by atoms with Crippen LogP contribution in [0.2, 0.25) is 0 Å². The zero-order chi connectivity index (χ0) is 19.4. The van der Waals surface area contributed by atoms with Crippen LogP contribution in [0.4, 0.5) is 0 Å². The van der Waals surface area contributed by atoms with Crippen LogP contribution in [0.3, 0.4) is 0 Å². The number of ether oxygens (including phenoxy) is 1. The molecule has 152 valence electrons. The maximum Gasteiger partial charge on any atom is 0.0955 e. The molecule has 27 heavy (non-hydrogen) atoms. The van der Waals surface area contributed by atoms with Crippen molar-refractivity contribution in [3.63, 3.8) is 0 Å². The lowest BCUT2D eigenvalue weighted by Gasteiger charge is -2.25. The molecular weight excluding hydrogens is 360 g/mol.